The van der Waals surface area contributed by atoms with E-state index in [1.807, 2.05) is 24.0 Å². The summed E-state index contributed by atoms with van der Waals surface area (Å²) in [5.41, 5.74) is 2.25. The minimum Gasteiger partial charge on any atom is -0.508 e. The number of β-amino-alcohol motifs (C(OH)–C–C–N with tert-alkyl or cyclic N) is 1. The number of fused-ring (bicyclic) bond motifs is 3. The Morgan fingerprint density at radius 3 is 2.43 bits per heavy atom. The Kier molecular flexibility index (Phi) is 12.1. The van der Waals surface area contributed by atoms with E-state index in [1.165, 1.54) is 24.4 Å². The monoisotopic (exact) mass is 957 g/mol. The van der Waals surface area contributed by atoms with Gasteiger partial charge < -0.3 is 34.5 Å². The predicted octanol–water partition coefficient (Wildman–Crippen LogP) is 6.20. The first-order valence-corrected chi connectivity index (χ1v) is 25.1. The van der Waals surface area contributed by atoms with Gasteiger partial charge in [0.05, 0.1) is 17.6 Å². The summed E-state index contributed by atoms with van der Waals surface area (Å²) in [5.74, 6) is -1.02. The molecule has 15 nitrogen and oxygen atoms in total. The number of aromatic hydroxyl groups is 1. The maximum absolute atomic E-state index is 17.1. The highest BCUT2D eigenvalue weighted by Crippen LogP contribution is 2.47. The summed E-state index contributed by atoms with van der Waals surface area (Å²) in [6.07, 6.45) is 8.08. The number of hydrogen-bond donors (Lipinski definition) is 3. The fourth-order valence-electron chi connectivity index (χ4n) is 11.8. The van der Waals surface area contributed by atoms with Gasteiger partial charge in [-0.05, 0) is 136 Å². The van der Waals surface area contributed by atoms with E-state index >= 15 is 8.78 Å². The van der Waals surface area contributed by atoms with Crippen LogP contribution < -0.4 is 19.9 Å². The number of ether oxygens (including phenoxy) is 1. The van der Waals surface area contributed by atoms with Crippen molar-refractivity contribution in [2.45, 2.75) is 89.8 Å². The topological polar surface area (TPSA) is 168 Å². The number of benzene rings is 3. The number of hydrogen-bond acceptors (Lipinski definition) is 13. The zero-order valence-corrected chi connectivity index (χ0v) is 40.0. The average Bonchev–Trinajstić information content (AvgIpc) is 4.04. The van der Waals surface area contributed by atoms with Crippen molar-refractivity contribution in [3.05, 3.63) is 77.0 Å². The van der Waals surface area contributed by atoms with Crippen molar-refractivity contribution in [3.8, 4) is 23.0 Å². The number of piperazine rings is 1. The smallest absolute Gasteiger partial charge is 0.319 e. The molecule has 1 saturated carbocycles. The van der Waals surface area contributed by atoms with Gasteiger partial charge in [-0.15, -0.1) is 0 Å². The van der Waals surface area contributed by atoms with Gasteiger partial charge in [-0.3, -0.25) is 29.6 Å². The minimum absolute atomic E-state index is 0.00972. The van der Waals surface area contributed by atoms with E-state index < -0.39 is 29.2 Å². The molecule has 368 valence electrons. The lowest BCUT2D eigenvalue weighted by molar-refractivity contribution is -0.136. The number of imide groups is 1. The molecular weight excluding hydrogens is 897 g/mol. The van der Waals surface area contributed by atoms with Gasteiger partial charge in [0.1, 0.15) is 34.6 Å². The lowest BCUT2D eigenvalue weighted by atomic mass is 9.94. The number of likely N-dealkylation sites (tertiary alicyclic amines) is 1. The average molecular weight is 958 g/mol. The molecule has 2 aromatic heterocycles. The van der Waals surface area contributed by atoms with E-state index in [4.69, 9.17) is 9.72 Å². The van der Waals surface area contributed by atoms with Gasteiger partial charge in [0.25, 0.3) is 5.91 Å². The van der Waals surface area contributed by atoms with Gasteiger partial charge in [0.2, 0.25) is 11.8 Å². The number of nitrogens with one attached hydrogen (secondary N) is 1. The molecule has 4 saturated heterocycles. The van der Waals surface area contributed by atoms with Gasteiger partial charge in [0.15, 0.2) is 5.82 Å². The molecule has 17 heteroatoms. The van der Waals surface area contributed by atoms with Gasteiger partial charge in [-0.25, -0.2) is 8.78 Å². The second-order valence-corrected chi connectivity index (χ2v) is 21.0. The number of phenolic OH excluding ortho intramolecular Hbond substituents is 1. The van der Waals surface area contributed by atoms with Crippen molar-refractivity contribution < 1.29 is 38.1 Å². The minimum atomic E-state index is -0.967. The Bertz CT molecular complexity index is 2900. The van der Waals surface area contributed by atoms with Crippen LogP contribution >= 0.6 is 0 Å². The summed E-state index contributed by atoms with van der Waals surface area (Å²) >= 11 is 0. The number of phenols is 1. The van der Waals surface area contributed by atoms with E-state index in [9.17, 15) is 24.6 Å². The van der Waals surface area contributed by atoms with Crippen molar-refractivity contribution in [1.82, 2.24) is 35.0 Å². The molecule has 3 amide bonds. The maximum atomic E-state index is 17.1. The molecule has 0 radical (unpaired) electrons. The number of halogens is 2. The first-order valence-electron chi connectivity index (χ1n) is 25.1. The molecule has 0 bridgehead atoms. The molecule has 1 aliphatic carbocycles. The van der Waals surface area contributed by atoms with E-state index in [2.05, 4.69) is 36.1 Å². The van der Waals surface area contributed by atoms with Crippen LogP contribution in [0.3, 0.4) is 0 Å². The van der Waals surface area contributed by atoms with Crippen molar-refractivity contribution in [1.29, 1.82) is 0 Å². The fraction of sp³-hybridized carbons (Fsp3) is 0.509. The molecule has 0 unspecified atom stereocenters. The number of aliphatic hydroxyl groups is 1. The van der Waals surface area contributed by atoms with Gasteiger partial charge in [0, 0.05) is 93.7 Å². The molecule has 7 heterocycles. The molecule has 5 aliphatic heterocycles. The quantitative estimate of drug-likeness (QED) is 0.121. The predicted molar refractivity (Wildman–Crippen MR) is 261 cm³/mol. The highest BCUT2D eigenvalue weighted by molar-refractivity contribution is 6.06. The lowest BCUT2D eigenvalue weighted by Crippen LogP contribution is -2.52. The molecule has 3 aromatic carbocycles. The number of nitrogens with zero attached hydrogens (tertiary/aromatic N) is 8. The zero-order valence-electron chi connectivity index (χ0n) is 40.0. The van der Waals surface area contributed by atoms with Gasteiger partial charge in [-0.2, -0.15) is 9.97 Å². The normalized spacial score (nSPS) is 23.4. The van der Waals surface area contributed by atoms with E-state index in [-0.39, 0.29) is 52.2 Å². The number of rotatable bonds is 12. The summed E-state index contributed by atoms with van der Waals surface area (Å²) in [4.78, 5) is 62.6. The number of aromatic nitrogens is 3. The molecule has 3 N–H and O–H groups in total. The number of carbonyl (C=O) groups is 3. The third kappa shape index (κ3) is 9.00. The van der Waals surface area contributed by atoms with Crippen LogP contribution in [0.2, 0.25) is 0 Å². The Morgan fingerprint density at radius 1 is 0.886 bits per heavy atom. The van der Waals surface area contributed by atoms with Crippen LogP contribution in [0.25, 0.3) is 32.9 Å². The lowest BCUT2D eigenvalue weighted by Gasteiger charge is -2.40. The summed E-state index contributed by atoms with van der Waals surface area (Å²) in [6, 6.07) is 11.3. The molecular formula is C53H61F2N9O6. The van der Waals surface area contributed by atoms with Crippen LogP contribution in [-0.2, 0) is 22.6 Å². The van der Waals surface area contributed by atoms with Crippen LogP contribution in [0.15, 0.2) is 48.7 Å². The molecule has 6 aliphatic rings. The number of pyridine rings is 1. The number of aryl methyl sites for hydroxylation is 1. The number of carbonyl (C=O) groups excluding carboxylic acids is 3. The largest absolute Gasteiger partial charge is 0.508 e. The number of anilines is 2. The summed E-state index contributed by atoms with van der Waals surface area (Å²) in [6.45, 7) is 13.0. The molecule has 5 fully saturated rings. The molecule has 2 atom stereocenters. The number of piperidine rings is 3. The van der Waals surface area contributed by atoms with Crippen LogP contribution in [0.1, 0.15) is 86.7 Å². The summed E-state index contributed by atoms with van der Waals surface area (Å²) < 4.78 is 38.8. The molecule has 70 heavy (non-hydrogen) atoms. The van der Waals surface area contributed by atoms with Crippen LogP contribution in [-0.4, -0.2) is 141 Å². The second-order valence-electron chi connectivity index (χ2n) is 21.0. The van der Waals surface area contributed by atoms with Crippen molar-refractivity contribution >= 4 is 50.9 Å². The first kappa shape index (κ1) is 46.3. The third-order valence-corrected chi connectivity index (χ3v) is 15.9. The molecule has 11 rings (SSSR count). The van der Waals surface area contributed by atoms with E-state index in [0.717, 1.165) is 95.7 Å². The van der Waals surface area contributed by atoms with Crippen molar-refractivity contribution in [2.24, 2.45) is 11.3 Å². The first-order chi connectivity index (χ1) is 33.7. The highest BCUT2D eigenvalue weighted by atomic mass is 19.1. The van der Waals surface area contributed by atoms with Crippen LogP contribution in [0, 0.1) is 23.0 Å². The Balaban J connectivity index is 0.723. The zero-order chi connectivity index (χ0) is 48.5. The summed E-state index contributed by atoms with van der Waals surface area (Å²) in [5, 5.41) is 25.6. The second kappa shape index (κ2) is 18.3. The Hall–Kier alpha value is -6.04. The van der Waals surface area contributed by atoms with Gasteiger partial charge in [-0.1, -0.05) is 13.0 Å². The molecule has 0 spiro atoms. The standard InChI is InChI=1S/C53H61F2N9O6/c1-3-37-41(54)8-5-33-24-36(65)25-39(44(33)37)46-45(55)47-40(26-56-46)48(63-16-4-13-52(2,69)29-63)59-51(58-47)70-31-53(14-15-53)30-61-17-11-32(12-18-61)27-60-19-21-62(22-20-60)35-6-7-38-34(23-35)28-64(50(38)68)42-9-10-43(66)57-49(42)67/h5-8,23-26,32,42,65,69H,3-4,9-22,27-31H2,1-2H3,(H,57,66,67)/t42-,52+/m0/s1. The van der Waals surface area contributed by atoms with E-state index in [0.29, 0.717) is 84.5 Å². The Morgan fingerprint density at radius 2 is 1.69 bits per heavy atom. The van der Waals surface area contributed by atoms with Gasteiger partial charge >= 0.3 is 6.01 Å². The highest BCUT2D eigenvalue weighted by Gasteiger charge is 2.46. The van der Waals surface area contributed by atoms with Crippen LogP contribution in [0.4, 0.5) is 20.3 Å². The molecule has 5 aromatic rings. The SMILES string of the molecule is CCc1c(F)ccc2cc(O)cc(-c3ncc4c(N5CCC[C@@](C)(O)C5)nc(OCC5(CN6CCC(CN7CCN(c8ccc9c(c8)CN([C@H]8CCC(=O)NC8=O)C9=O)CC7)CC6)CC5)nc4c3F)c12. The Labute approximate surface area is 405 Å². The van der Waals surface area contributed by atoms with Crippen molar-refractivity contribution in [3.63, 3.8) is 0 Å². The van der Waals surface area contributed by atoms with E-state index in [1.54, 1.807) is 17.9 Å². The fourth-order valence-corrected chi connectivity index (χ4v) is 11.8. The third-order valence-electron chi connectivity index (χ3n) is 15.9. The number of amides is 3. The van der Waals surface area contributed by atoms with Crippen molar-refractivity contribution in [2.75, 3.05) is 81.9 Å². The maximum Gasteiger partial charge on any atom is 0.319 e. The van der Waals surface area contributed by atoms with Crippen LogP contribution in [0.5, 0.6) is 11.8 Å². The summed E-state index contributed by atoms with van der Waals surface area (Å²) in [7, 11) is 0.